The number of benzene rings is 2. The van der Waals surface area contributed by atoms with Crippen molar-refractivity contribution in [2.45, 2.75) is 32.0 Å². The third-order valence-electron chi connectivity index (χ3n) is 5.69. The average Bonchev–Trinajstić information content (AvgIpc) is 3.35. The predicted octanol–water partition coefficient (Wildman–Crippen LogP) is 7.13. The number of hydrogen-bond donors (Lipinski definition) is 3. The molecule has 0 saturated heterocycles. The molecule has 3 N–H and O–H groups in total. The van der Waals surface area contributed by atoms with Crippen molar-refractivity contribution in [1.29, 1.82) is 0 Å². The Labute approximate surface area is 217 Å². The first kappa shape index (κ1) is 25.1. The van der Waals surface area contributed by atoms with Crippen LogP contribution < -0.4 is 15.4 Å². The maximum absolute atomic E-state index is 13.7. The van der Waals surface area contributed by atoms with E-state index in [2.05, 4.69) is 25.6 Å². The molecule has 2 aromatic carbocycles. The Hall–Kier alpha value is -3.57. The van der Waals surface area contributed by atoms with E-state index in [-0.39, 0.29) is 33.0 Å². The normalized spacial score (nSPS) is 14.4. The molecule has 2 aromatic heterocycles. The Balaban J connectivity index is 1.55. The monoisotopic (exact) mass is 553 g/mol. The van der Waals surface area contributed by atoms with Crippen LogP contribution in [0.25, 0.3) is 11.0 Å². The lowest BCUT2D eigenvalue weighted by molar-refractivity contribution is -0.139. The van der Waals surface area contributed by atoms with E-state index < -0.39 is 29.1 Å². The zero-order valence-electron chi connectivity index (χ0n) is 19.1. The molecule has 1 aliphatic rings. The van der Waals surface area contributed by atoms with Gasteiger partial charge in [0.15, 0.2) is 0 Å². The summed E-state index contributed by atoms with van der Waals surface area (Å²) >= 11 is 12.4. The third-order valence-corrected chi connectivity index (χ3v) is 6.26. The predicted molar refractivity (Wildman–Crippen MR) is 131 cm³/mol. The first-order chi connectivity index (χ1) is 17.3. The highest BCUT2D eigenvalue weighted by Crippen LogP contribution is 2.43. The summed E-state index contributed by atoms with van der Waals surface area (Å²) in [5, 5.41) is 5.93. The van der Waals surface area contributed by atoms with Crippen molar-refractivity contribution in [2.75, 3.05) is 10.6 Å². The highest BCUT2D eigenvalue weighted by atomic mass is 35.5. The number of H-pyrrole nitrogens is 1. The van der Waals surface area contributed by atoms with E-state index in [1.807, 2.05) is 13.8 Å². The van der Waals surface area contributed by atoms with Gasteiger partial charge in [-0.05, 0) is 38.1 Å². The van der Waals surface area contributed by atoms with Crippen molar-refractivity contribution in [2.24, 2.45) is 0 Å². The molecule has 0 fully saturated rings. The number of halogens is 6. The number of hydrogen-bond acceptors (Lipinski definition) is 5. The van der Waals surface area contributed by atoms with Gasteiger partial charge < -0.3 is 20.4 Å². The van der Waals surface area contributed by atoms with Crippen LogP contribution in [0, 0.1) is 5.82 Å². The first-order valence-electron chi connectivity index (χ1n) is 10.8. The molecule has 7 nitrogen and oxygen atoms in total. The summed E-state index contributed by atoms with van der Waals surface area (Å²) in [7, 11) is 0. The molecule has 192 valence electrons. The molecule has 1 amide bonds. The Morgan fingerprint density at radius 1 is 1.16 bits per heavy atom. The average molecular weight is 554 g/mol. The summed E-state index contributed by atoms with van der Waals surface area (Å²) in [5.41, 5.74) is -0.289. The van der Waals surface area contributed by atoms with Crippen LogP contribution in [-0.2, 0) is 12.6 Å². The number of amides is 1. The largest absolute Gasteiger partial charge is 0.486 e. The SMILES string of the molecule is CC1(C)Cc2c(c(C(=O)Nc3ccc(F)c(C(F)(F)F)c3)cc3nc(Nc4c(Cl)cncc4Cl)[nH]c23)O1. The van der Waals surface area contributed by atoms with Crippen molar-refractivity contribution in [3.8, 4) is 5.75 Å². The molecule has 0 radical (unpaired) electrons. The van der Waals surface area contributed by atoms with E-state index in [0.29, 0.717) is 40.8 Å². The second-order valence-corrected chi connectivity index (χ2v) is 9.81. The lowest BCUT2D eigenvalue weighted by atomic mass is 9.98. The van der Waals surface area contributed by atoms with Crippen LogP contribution in [0.4, 0.5) is 34.9 Å². The van der Waals surface area contributed by atoms with E-state index in [1.165, 1.54) is 18.5 Å². The summed E-state index contributed by atoms with van der Waals surface area (Å²) in [6, 6.07) is 3.68. The molecule has 3 heterocycles. The molecule has 1 aliphatic heterocycles. The molecule has 37 heavy (non-hydrogen) atoms. The summed E-state index contributed by atoms with van der Waals surface area (Å²) < 4.78 is 59.1. The minimum Gasteiger partial charge on any atom is -0.486 e. The Morgan fingerprint density at radius 3 is 2.54 bits per heavy atom. The lowest BCUT2D eigenvalue weighted by Crippen LogP contribution is -2.25. The summed E-state index contributed by atoms with van der Waals surface area (Å²) in [6.07, 6.45) is -1.67. The number of fused-ring (bicyclic) bond motifs is 3. The van der Waals surface area contributed by atoms with Crippen LogP contribution in [0.2, 0.25) is 10.0 Å². The minimum absolute atomic E-state index is 0.0592. The van der Waals surface area contributed by atoms with E-state index in [0.717, 1.165) is 6.07 Å². The van der Waals surface area contributed by atoms with Crippen molar-refractivity contribution in [3.63, 3.8) is 0 Å². The number of carbonyl (C=O) groups excluding carboxylic acids is 1. The second-order valence-electron chi connectivity index (χ2n) is 9.00. The molecule has 0 spiro atoms. The van der Waals surface area contributed by atoms with Crippen LogP contribution >= 0.6 is 23.2 Å². The summed E-state index contributed by atoms with van der Waals surface area (Å²) in [6.45, 7) is 3.67. The van der Waals surface area contributed by atoms with E-state index >= 15 is 0 Å². The van der Waals surface area contributed by atoms with Crippen LogP contribution in [0.5, 0.6) is 5.75 Å². The van der Waals surface area contributed by atoms with Crippen molar-refractivity contribution in [3.05, 3.63) is 69.2 Å². The van der Waals surface area contributed by atoms with Gasteiger partial charge in [-0.2, -0.15) is 13.2 Å². The lowest BCUT2D eigenvalue weighted by Gasteiger charge is -2.18. The number of ether oxygens (including phenoxy) is 1. The minimum atomic E-state index is -4.92. The number of rotatable bonds is 4. The second kappa shape index (κ2) is 8.77. The molecular weight excluding hydrogens is 537 g/mol. The van der Waals surface area contributed by atoms with Gasteiger partial charge in [0.1, 0.15) is 17.2 Å². The van der Waals surface area contributed by atoms with Gasteiger partial charge in [0.25, 0.3) is 5.91 Å². The van der Waals surface area contributed by atoms with Crippen LogP contribution in [-0.4, -0.2) is 26.5 Å². The number of pyridine rings is 1. The Bertz CT molecular complexity index is 1550. The van der Waals surface area contributed by atoms with Gasteiger partial charge >= 0.3 is 6.18 Å². The van der Waals surface area contributed by atoms with Gasteiger partial charge in [-0.25, -0.2) is 9.37 Å². The molecule has 0 atom stereocenters. The first-order valence-corrected chi connectivity index (χ1v) is 11.6. The molecular formula is C24H17Cl2F4N5O2. The molecule has 0 bridgehead atoms. The van der Waals surface area contributed by atoms with Crippen LogP contribution in [0.3, 0.4) is 0 Å². The number of carbonyl (C=O) groups is 1. The maximum atomic E-state index is 13.7. The molecule has 0 saturated carbocycles. The fraction of sp³-hybridized carbons (Fsp3) is 0.208. The zero-order valence-corrected chi connectivity index (χ0v) is 20.7. The smallest absolute Gasteiger partial charge is 0.419 e. The highest BCUT2D eigenvalue weighted by molar-refractivity contribution is 6.39. The number of imidazole rings is 1. The Morgan fingerprint density at radius 2 is 1.86 bits per heavy atom. The molecule has 13 heteroatoms. The fourth-order valence-corrected chi connectivity index (χ4v) is 4.58. The van der Waals surface area contributed by atoms with Gasteiger partial charge in [0.2, 0.25) is 5.95 Å². The maximum Gasteiger partial charge on any atom is 0.419 e. The van der Waals surface area contributed by atoms with E-state index in [9.17, 15) is 22.4 Å². The topological polar surface area (TPSA) is 91.9 Å². The highest BCUT2D eigenvalue weighted by Gasteiger charge is 2.37. The van der Waals surface area contributed by atoms with Crippen LogP contribution in [0.15, 0.2) is 36.7 Å². The molecule has 4 aromatic rings. The zero-order chi connectivity index (χ0) is 26.7. The number of aromatic amines is 1. The number of aromatic nitrogens is 3. The standard InChI is InChI=1S/C24H17Cl2F4N5O2/c1-23(2)7-12-18-17(33-22(34-18)35-19-14(25)8-31-9-15(19)26)6-11(20(12)37-23)21(36)32-10-3-4-16(27)13(5-10)24(28,29)30/h3-6,8-9H,7H2,1-2H3,(H,32,36)(H2,31,33,34,35). The number of nitrogens with zero attached hydrogens (tertiary/aromatic N) is 2. The van der Waals surface area contributed by atoms with Gasteiger partial charge in [0.05, 0.1) is 37.9 Å². The van der Waals surface area contributed by atoms with Crippen molar-refractivity contribution < 1.29 is 27.1 Å². The number of nitrogens with one attached hydrogen (secondary N) is 3. The molecule has 5 rings (SSSR count). The summed E-state index contributed by atoms with van der Waals surface area (Å²) in [4.78, 5) is 24.7. The Kier molecular flexibility index (Phi) is 5.95. The van der Waals surface area contributed by atoms with E-state index in [1.54, 1.807) is 0 Å². The van der Waals surface area contributed by atoms with E-state index in [4.69, 9.17) is 27.9 Å². The quantitative estimate of drug-likeness (QED) is 0.234. The fourth-order valence-electron chi connectivity index (χ4n) is 4.12. The van der Waals surface area contributed by atoms with Crippen molar-refractivity contribution >= 4 is 57.5 Å². The number of anilines is 3. The molecule has 0 unspecified atom stereocenters. The number of alkyl halides is 3. The molecule has 0 aliphatic carbocycles. The van der Waals surface area contributed by atoms with Crippen molar-refractivity contribution in [1.82, 2.24) is 15.0 Å². The van der Waals surface area contributed by atoms with Crippen LogP contribution in [0.1, 0.15) is 35.3 Å². The van der Waals surface area contributed by atoms with Gasteiger partial charge in [-0.3, -0.25) is 9.78 Å². The third kappa shape index (κ3) is 4.76. The van der Waals surface area contributed by atoms with Gasteiger partial charge in [-0.15, -0.1) is 0 Å². The van der Waals surface area contributed by atoms with Gasteiger partial charge in [0, 0.05) is 30.1 Å². The van der Waals surface area contributed by atoms with Gasteiger partial charge in [-0.1, -0.05) is 23.2 Å². The summed E-state index contributed by atoms with van der Waals surface area (Å²) in [5.74, 6) is -1.64.